The maximum absolute atomic E-state index is 13.3. The van der Waals surface area contributed by atoms with Crippen LogP contribution in [0.1, 0.15) is 27.0 Å². The van der Waals surface area contributed by atoms with Crippen LogP contribution < -0.4 is 10.3 Å². The molecule has 2 aromatic heterocycles. The van der Waals surface area contributed by atoms with E-state index < -0.39 is 0 Å². The lowest BCUT2D eigenvalue weighted by Crippen LogP contribution is -2.32. The van der Waals surface area contributed by atoms with E-state index in [1.54, 1.807) is 48.7 Å². The van der Waals surface area contributed by atoms with Gasteiger partial charge in [0.05, 0.1) is 13.7 Å². The molecule has 0 aliphatic heterocycles. The van der Waals surface area contributed by atoms with E-state index >= 15 is 0 Å². The molecule has 0 spiro atoms. The molecule has 1 N–H and O–H groups in total. The van der Waals surface area contributed by atoms with Crippen molar-refractivity contribution < 1.29 is 9.53 Å². The lowest BCUT2D eigenvalue weighted by Gasteiger charge is -2.23. The van der Waals surface area contributed by atoms with Crippen LogP contribution in [0.15, 0.2) is 77.9 Å². The van der Waals surface area contributed by atoms with Crippen molar-refractivity contribution in [2.75, 3.05) is 7.11 Å². The molecule has 2 aromatic carbocycles. The van der Waals surface area contributed by atoms with Gasteiger partial charge in [-0.15, -0.1) is 0 Å². The molecule has 156 valence electrons. The molecule has 0 radical (unpaired) electrons. The number of aryl methyl sites for hydroxylation is 1. The Morgan fingerprint density at radius 1 is 1.06 bits per heavy atom. The van der Waals surface area contributed by atoms with Gasteiger partial charge >= 0.3 is 0 Å². The standard InChI is InChI=1S/C25H23N3O3/c1-17-5-6-20-13-21(24(29)27-23(20)12-17)16-28(15-18-4-3-11-26-14-18)25(30)19-7-9-22(31-2)10-8-19/h3-14H,15-16H2,1-2H3,(H,27,29). The van der Waals surface area contributed by atoms with Gasteiger partial charge in [0.1, 0.15) is 5.75 Å². The summed E-state index contributed by atoms with van der Waals surface area (Å²) in [6, 6.07) is 18.5. The SMILES string of the molecule is COc1ccc(C(=O)N(Cc2cccnc2)Cc2cc3ccc(C)cc3[nH]c2=O)cc1. The van der Waals surface area contributed by atoms with Gasteiger partial charge in [0.2, 0.25) is 0 Å². The van der Waals surface area contributed by atoms with Crippen LogP contribution in [-0.4, -0.2) is 27.9 Å². The molecule has 4 aromatic rings. The lowest BCUT2D eigenvalue weighted by molar-refractivity contribution is 0.0729. The molecule has 1 amide bonds. The average molecular weight is 413 g/mol. The van der Waals surface area contributed by atoms with E-state index in [9.17, 15) is 9.59 Å². The number of ether oxygens (including phenoxy) is 1. The van der Waals surface area contributed by atoms with Gasteiger partial charge in [0.25, 0.3) is 11.5 Å². The number of hydrogen-bond acceptors (Lipinski definition) is 4. The first kappa shape index (κ1) is 20.3. The van der Waals surface area contributed by atoms with Crippen LogP contribution in [0.25, 0.3) is 10.9 Å². The molecule has 0 saturated heterocycles. The summed E-state index contributed by atoms with van der Waals surface area (Å²) in [6.07, 6.45) is 3.41. The highest BCUT2D eigenvalue weighted by Crippen LogP contribution is 2.18. The van der Waals surface area contributed by atoms with Gasteiger partial charge in [-0.1, -0.05) is 18.2 Å². The van der Waals surface area contributed by atoms with Gasteiger partial charge in [-0.3, -0.25) is 14.6 Å². The monoisotopic (exact) mass is 413 g/mol. The van der Waals surface area contributed by atoms with Gasteiger partial charge in [-0.2, -0.15) is 0 Å². The minimum atomic E-state index is -0.197. The van der Waals surface area contributed by atoms with Crippen molar-refractivity contribution in [3.63, 3.8) is 0 Å². The number of aromatic nitrogens is 2. The molecule has 6 heteroatoms. The Balaban J connectivity index is 1.69. The Morgan fingerprint density at radius 2 is 1.87 bits per heavy atom. The first-order chi connectivity index (χ1) is 15.0. The normalized spacial score (nSPS) is 10.8. The summed E-state index contributed by atoms with van der Waals surface area (Å²) in [6.45, 7) is 2.50. The highest BCUT2D eigenvalue weighted by atomic mass is 16.5. The molecule has 0 bridgehead atoms. The van der Waals surface area contributed by atoms with Crippen molar-refractivity contribution in [1.29, 1.82) is 0 Å². The second-order valence-corrected chi connectivity index (χ2v) is 7.47. The van der Waals surface area contributed by atoms with Crippen LogP contribution in [0.4, 0.5) is 0 Å². The second kappa shape index (κ2) is 8.83. The smallest absolute Gasteiger partial charge is 0.254 e. The first-order valence-corrected chi connectivity index (χ1v) is 9.98. The average Bonchev–Trinajstić information content (AvgIpc) is 2.79. The van der Waals surface area contributed by atoms with Crippen LogP contribution in [0.5, 0.6) is 5.75 Å². The third-order valence-corrected chi connectivity index (χ3v) is 5.16. The Labute approximate surface area is 180 Å². The fourth-order valence-electron chi connectivity index (χ4n) is 3.51. The molecule has 6 nitrogen and oxygen atoms in total. The fraction of sp³-hybridized carbons (Fsp3) is 0.160. The Kier molecular flexibility index (Phi) is 5.80. The summed E-state index contributed by atoms with van der Waals surface area (Å²) < 4.78 is 5.19. The molecular weight excluding hydrogens is 390 g/mol. The molecule has 0 atom stereocenters. The number of aromatic amines is 1. The fourth-order valence-corrected chi connectivity index (χ4v) is 3.51. The van der Waals surface area contributed by atoms with Crippen LogP contribution in [0.2, 0.25) is 0 Å². The zero-order valence-electron chi connectivity index (χ0n) is 17.5. The van der Waals surface area contributed by atoms with Crippen molar-refractivity contribution in [3.05, 3.63) is 106 Å². The number of benzene rings is 2. The maximum atomic E-state index is 13.3. The molecule has 31 heavy (non-hydrogen) atoms. The molecule has 4 rings (SSSR count). The van der Waals surface area contributed by atoms with E-state index in [2.05, 4.69) is 9.97 Å². The van der Waals surface area contributed by atoms with Crippen molar-refractivity contribution in [2.45, 2.75) is 20.0 Å². The molecular formula is C25H23N3O3. The number of fused-ring (bicyclic) bond motifs is 1. The van der Waals surface area contributed by atoms with Crippen LogP contribution >= 0.6 is 0 Å². The van der Waals surface area contributed by atoms with Gasteiger partial charge in [-0.25, -0.2) is 0 Å². The number of rotatable bonds is 6. The number of nitrogens with zero attached hydrogens (tertiary/aromatic N) is 2. The minimum absolute atomic E-state index is 0.171. The Hall–Kier alpha value is -3.93. The van der Waals surface area contributed by atoms with Crippen molar-refractivity contribution in [3.8, 4) is 5.75 Å². The van der Waals surface area contributed by atoms with Gasteiger partial charge < -0.3 is 14.6 Å². The summed E-state index contributed by atoms with van der Waals surface area (Å²) in [7, 11) is 1.58. The highest BCUT2D eigenvalue weighted by Gasteiger charge is 2.19. The number of carbonyl (C=O) groups excluding carboxylic acids is 1. The predicted molar refractivity (Wildman–Crippen MR) is 120 cm³/mol. The molecule has 0 unspecified atom stereocenters. The largest absolute Gasteiger partial charge is 0.497 e. The van der Waals surface area contributed by atoms with E-state index in [1.165, 1.54) is 0 Å². The predicted octanol–water partition coefficient (Wildman–Crippen LogP) is 4.08. The second-order valence-electron chi connectivity index (χ2n) is 7.47. The van der Waals surface area contributed by atoms with Crippen LogP contribution in [-0.2, 0) is 13.1 Å². The lowest BCUT2D eigenvalue weighted by atomic mass is 10.1. The number of hydrogen-bond donors (Lipinski definition) is 1. The van der Waals surface area contributed by atoms with E-state index in [-0.39, 0.29) is 18.0 Å². The summed E-state index contributed by atoms with van der Waals surface area (Å²) in [5.41, 5.74) is 3.60. The number of H-pyrrole nitrogens is 1. The quantitative estimate of drug-likeness (QED) is 0.517. The Bertz CT molecular complexity index is 1260. The zero-order valence-corrected chi connectivity index (χ0v) is 17.5. The van der Waals surface area contributed by atoms with Crippen molar-refractivity contribution >= 4 is 16.8 Å². The number of amides is 1. The summed E-state index contributed by atoms with van der Waals surface area (Å²) >= 11 is 0. The van der Waals surface area contributed by atoms with Crippen molar-refractivity contribution in [1.82, 2.24) is 14.9 Å². The number of methoxy groups -OCH3 is 1. The molecule has 2 heterocycles. The Morgan fingerprint density at radius 3 is 2.58 bits per heavy atom. The molecule has 0 aliphatic rings. The third kappa shape index (κ3) is 4.64. The van der Waals surface area contributed by atoms with E-state index in [4.69, 9.17) is 4.74 Å². The topological polar surface area (TPSA) is 75.3 Å². The molecule has 0 aliphatic carbocycles. The molecule has 0 fully saturated rings. The molecule has 0 saturated carbocycles. The van der Waals surface area contributed by atoms with Gasteiger partial charge in [0.15, 0.2) is 0 Å². The number of nitrogens with one attached hydrogen (secondary N) is 1. The summed E-state index contributed by atoms with van der Waals surface area (Å²) in [5.74, 6) is 0.506. The first-order valence-electron chi connectivity index (χ1n) is 9.98. The van der Waals surface area contributed by atoms with Crippen LogP contribution in [0.3, 0.4) is 0 Å². The maximum Gasteiger partial charge on any atom is 0.254 e. The summed E-state index contributed by atoms with van der Waals surface area (Å²) in [4.78, 5) is 34.8. The minimum Gasteiger partial charge on any atom is -0.497 e. The number of pyridine rings is 2. The van der Waals surface area contributed by atoms with Gasteiger partial charge in [-0.05, 0) is 65.9 Å². The van der Waals surface area contributed by atoms with E-state index in [0.717, 1.165) is 22.0 Å². The van der Waals surface area contributed by atoms with Gasteiger partial charge in [0, 0.05) is 35.6 Å². The number of carbonyl (C=O) groups is 1. The van der Waals surface area contributed by atoms with E-state index in [0.29, 0.717) is 23.4 Å². The van der Waals surface area contributed by atoms with E-state index in [1.807, 2.05) is 43.3 Å². The highest BCUT2D eigenvalue weighted by molar-refractivity contribution is 5.94. The summed E-state index contributed by atoms with van der Waals surface area (Å²) in [5, 5.41) is 0.929. The van der Waals surface area contributed by atoms with Crippen LogP contribution in [0, 0.1) is 6.92 Å². The third-order valence-electron chi connectivity index (χ3n) is 5.16. The van der Waals surface area contributed by atoms with Crippen molar-refractivity contribution in [2.24, 2.45) is 0 Å². The zero-order chi connectivity index (χ0) is 21.8.